The summed E-state index contributed by atoms with van der Waals surface area (Å²) in [5, 5.41) is 15.8. The van der Waals surface area contributed by atoms with Gasteiger partial charge in [-0.15, -0.1) is 0 Å². The standard InChI is InChI=1S/C21H22N4O5S/c26-21(24-27)20-3-1-2-14-25(20)31(28,29)18-10-8-17(9-11-18)30-16-6-4-15(5-7-16)19-12-13-22-23-19/h4-13,20,27H,1-3,14H2,(H,22,23)(H,24,26)/t20-/m1/s1. The van der Waals surface area contributed by atoms with Crippen LogP contribution in [-0.4, -0.2) is 46.6 Å². The Hall–Kier alpha value is -3.21. The molecule has 1 fully saturated rings. The van der Waals surface area contributed by atoms with E-state index in [-0.39, 0.29) is 11.4 Å². The summed E-state index contributed by atoms with van der Waals surface area (Å²) in [4.78, 5) is 12.0. The van der Waals surface area contributed by atoms with E-state index in [0.717, 1.165) is 22.0 Å². The van der Waals surface area contributed by atoms with Crippen LogP contribution < -0.4 is 10.2 Å². The first-order chi connectivity index (χ1) is 15.0. The number of nitrogens with zero attached hydrogens (tertiary/aromatic N) is 2. The van der Waals surface area contributed by atoms with E-state index in [0.29, 0.717) is 24.3 Å². The lowest BCUT2D eigenvalue weighted by Crippen LogP contribution is -2.51. The predicted octanol–water partition coefficient (Wildman–Crippen LogP) is 2.92. The number of H-pyrrole nitrogens is 1. The maximum absolute atomic E-state index is 13.1. The zero-order chi connectivity index (χ0) is 21.8. The highest BCUT2D eigenvalue weighted by atomic mass is 32.2. The zero-order valence-corrected chi connectivity index (χ0v) is 17.4. The number of carbonyl (C=O) groups excluding carboxylic acids is 1. The van der Waals surface area contributed by atoms with E-state index in [1.165, 1.54) is 12.1 Å². The van der Waals surface area contributed by atoms with Gasteiger partial charge in [0.2, 0.25) is 10.0 Å². The van der Waals surface area contributed by atoms with Gasteiger partial charge < -0.3 is 4.74 Å². The van der Waals surface area contributed by atoms with Crippen molar-refractivity contribution in [2.45, 2.75) is 30.2 Å². The van der Waals surface area contributed by atoms with Crippen LogP contribution in [0.15, 0.2) is 65.7 Å². The number of hydrogen-bond acceptors (Lipinski definition) is 6. The molecule has 0 unspecified atom stereocenters. The number of carbonyl (C=O) groups is 1. The fourth-order valence-corrected chi connectivity index (χ4v) is 5.26. The normalized spacial score (nSPS) is 17.3. The minimum Gasteiger partial charge on any atom is -0.457 e. The Morgan fingerprint density at radius 2 is 1.74 bits per heavy atom. The van der Waals surface area contributed by atoms with Gasteiger partial charge in [-0.05, 0) is 73.0 Å². The third kappa shape index (κ3) is 4.46. The molecule has 0 radical (unpaired) electrons. The smallest absolute Gasteiger partial charge is 0.261 e. The van der Waals surface area contributed by atoms with Gasteiger partial charge in [0, 0.05) is 12.7 Å². The Balaban J connectivity index is 1.49. The van der Waals surface area contributed by atoms with Crippen LogP contribution in [0.25, 0.3) is 11.3 Å². The molecule has 0 spiro atoms. The highest BCUT2D eigenvalue weighted by Gasteiger charge is 2.37. The van der Waals surface area contributed by atoms with E-state index in [9.17, 15) is 13.2 Å². The van der Waals surface area contributed by atoms with E-state index in [2.05, 4.69) is 10.2 Å². The molecule has 1 aliphatic rings. The first-order valence-electron chi connectivity index (χ1n) is 9.82. The molecular formula is C21H22N4O5S. The number of aromatic nitrogens is 2. The molecule has 0 aliphatic carbocycles. The van der Waals surface area contributed by atoms with Gasteiger partial charge in [-0.25, -0.2) is 13.9 Å². The van der Waals surface area contributed by atoms with Gasteiger partial charge in [0.15, 0.2) is 0 Å². The van der Waals surface area contributed by atoms with Gasteiger partial charge in [-0.3, -0.25) is 15.1 Å². The summed E-state index contributed by atoms with van der Waals surface area (Å²) in [7, 11) is -3.89. The number of amides is 1. The summed E-state index contributed by atoms with van der Waals surface area (Å²) in [6.07, 6.45) is 3.42. The number of sulfonamides is 1. The summed E-state index contributed by atoms with van der Waals surface area (Å²) in [5.74, 6) is 0.368. The van der Waals surface area contributed by atoms with Crippen LogP contribution in [-0.2, 0) is 14.8 Å². The molecule has 2 heterocycles. The molecule has 3 N–H and O–H groups in total. The van der Waals surface area contributed by atoms with Gasteiger partial charge >= 0.3 is 0 Å². The SMILES string of the molecule is O=C(NO)[C@H]1CCCCN1S(=O)(=O)c1ccc(Oc2ccc(-c3ccn[nH]3)cc2)cc1. The number of hydroxylamine groups is 1. The fraction of sp³-hybridized carbons (Fsp3) is 0.238. The predicted molar refractivity (Wildman–Crippen MR) is 112 cm³/mol. The highest BCUT2D eigenvalue weighted by Crippen LogP contribution is 2.29. The Labute approximate surface area is 179 Å². The number of nitrogens with one attached hydrogen (secondary N) is 2. The van der Waals surface area contributed by atoms with Crippen molar-refractivity contribution >= 4 is 15.9 Å². The van der Waals surface area contributed by atoms with E-state index >= 15 is 0 Å². The third-order valence-corrected chi connectivity index (χ3v) is 7.12. The number of benzene rings is 2. The highest BCUT2D eigenvalue weighted by molar-refractivity contribution is 7.89. The lowest BCUT2D eigenvalue weighted by atomic mass is 10.0. The molecule has 31 heavy (non-hydrogen) atoms. The molecule has 4 rings (SSSR count). The van der Waals surface area contributed by atoms with Crippen LogP contribution in [0.4, 0.5) is 0 Å². The molecule has 1 saturated heterocycles. The second-order valence-corrected chi connectivity index (χ2v) is 9.06. The topological polar surface area (TPSA) is 125 Å². The second-order valence-electron chi connectivity index (χ2n) is 7.17. The van der Waals surface area contributed by atoms with Crippen LogP contribution in [0.2, 0.25) is 0 Å². The molecule has 3 aromatic rings. The molecule has 10 heteroatoms. The van der Waals surface area contributed by atoms with E-state index in [4.69, 9.17) is 9.94 Å². The van der Waals surface area contributed by atoms with Crippen LogP contribution in [0.5, 0.6) is 11.5 Å². The van der Waals surface area contributed by atoms with Crippen molar-refractivity contribution in [1.82, 2.24) is 20.0 Å². The minimum atomic E-state index is -3.89. The van der Waals surface area contributed by atoms with E-state index in [1.54, 1.807) is 23.8 Å². The monoisotopic (exact) mass is 442 g/mol. The summed E-state index contributed by atoms with van der Waals surface area (Å²) < 4.78 is 33.1. The lowest BCUT2D eigenvalue weighted by molar-refractivity contribution is -0.134. The van der Waals surface area contributed by atoms with Crippen LogP contribution in [0.3, 0.4) is 0 Å². The van der Waals surface area contributed by atoms with E-state index < -0.39 is 22.0 Å². The van der Waals surface area contributed by atoms with Crippen molar-refractivity contribution in [2.75, 3.05) is 6.54 Å². The molecule has 1 atom stereocenters. The largest absolute Gasteiger partial charge is 0.457 e. The molecular weight excluding hydrogens is 420 g/mol. The quantitative estimate of drug-likeness (QED) is 0.398. The maximum atomic E-state index is 13.1. The molecule has 162 valence electrons. The number of aromatic amines is 1. The average Bonchev–Trinajstić information content (AvgIpc) is 3.34. The second kappa shape index (κ2) is 8.88. The first-order valence-corrected chi connectivity index (χ1v) is 11.3. The molecule has 0 bridgehead atoms. The van der Waals surface area contributed by atoms with Gasteiger partial charge in [0.1, 0.15) is 17.5 Å². The maximum Gasteiger partial charge on any atom is 0.261 e. The van der Waals surface area contributed by atoms with Crippen LogP contribution >= 0.6 is 0 Å². The summed E-state index contributed by atoms with van der Waals surface area (Å²) in [6, 6.07) is 14.4. The summed E-state index contributed by atoms with van der Waals surface area (Å²) in [6.45, 7) is 0.224. The molecule has 9 nitrogen and oxygen atoms in total. The number of rotatable bonds is 6. The molecule has 2 aromatic carbocycles. The minimum absolute atomic E-state index is 0.0621. The van der Waals surface area contributed by atoms with Crippen molar-refractivity contribution in [1.29, 1.82) is 0 Å². The first kappa shape index (κ1) is 21.0. The van der Waals surface area contributed by atoms with Gasteiger partial charge in [0.25, 0.3) is 5.91 Å². The zero-order valence-electron chi connectivity index (χ0n) is 16.6. The Kier molecular flexibility index (Phi) is 6.03. The Morgan fingerprint density at radius 3 is 2.35 bits per heavy atom. The van der Waals surface area contributed by atoms with Crippen LogP contribution in [0, 0.1) is 0 Å². The third-order valence-electron chi connectivity index (χ3n) is 5.20. The Bertz CT molecular complexity index is 1130. The van der Waals surface area contributed by atoms with E-state index in [1.807, 2.05) is 30.3 Å². The lowest BCUT2D eigenvalue weighted by Gasteiger charge is -2.33. The molecule has 0 saturated carbocycles. The van der Waals surface area contributed by atoms with Crippen molar-refractivity contribution < 1.29 is 23.2 Å². The molecule has 1 aromatic heterocycles. The van der Waals surface area contributed by atoms with Crippen molar-refractivity contribution in [3.05, 3.63) is 60.8 Å². The van der Waals surface area contributed by atoms with Crippen LogP contribution in [0.1, 0.15) is 19.3 Å². The molecule has 1 amide bonds. The molecule has 1 aliphatic heterocycles. The van der Waals surface area contributed by atoms with Gasteiger partial charge in [0.05, 0.1) is 10.6 Å². The Morgan fingerprint density at radius 1 is 1.06 bits per heavy atom. The average molecular weight is 442 g/mol. The van der Waals surface area contributed by atoms with Crippen molar-refractivity contribution in [3.63, 3.8) is 0 Å². The summed E-state index contributed by atoms with van der Waals surface area (Å²) in [5.41, 5.74) is 3.43. The fourth-order valence-electron chi connectivity index (χ4n) is 3.60. The number of hydrogen-bond donors (Lipinski definition) is 3. The van der Waals surface area contributed by atoms with Crippen molar-refractivity contribution in [2.24, 2.45) is 0 Å². The van der Waals surface area contributed by atoms with Gasteiger partial charge in [-0.2, -0.15) is 9.40 Å². The number of piperidine rings is 1. The van der Waals surface area contributed by atoms with Crippen molar-refractivity contribution in [3.8, 4) is 22.8 Å². The summed E-state index contributed by atoms with van der Waals surface area (Å²) >= 11 is 0. The number of ether oxygens (including phenoxy) is 1. The van der Waals surface area contributed by atoms with Gasteiger partial charge in [-0.1, -0.05) is 6.42 Å².